The molecule has 2 aromatic rings. The molecule has 0 aliphatic rings. The van der Waals surface area contributed by atoms with Gasteiger partial charge in [-0.05, 0) is 18.1 Å². The monoisotopic (exact) mass is 372 g/mol. The van der Waals surface area contributed by atoms with Crippen molar-refractivity contribution in [2.45, 2.75) is 22.5 Å². The summed E-state index contributed by atoms with van der Waals surface area (Å²) in [7, 11) is 0. The Hall–Kier alpha value is -1.52. The fourth-order valence-corrected chi connectivity index (χ4v) is 4.11. The van der Waals surface area contributed by atoms with Crippen molar-refractivity contribution in [3.8, 4) is 0 Å². The van der Waals surface area contributed by atoms with E-state index in [2.05, 4.69) is 34.9 Å². The molecule has 0 bridgehead atoms. The number of nitrogens with zero attached hydrogens (tertiary/aromatic N) is 2. The topological polar surface area (TPSA) is 97.1 Å². The van der Waals surface area contributed by atoms with E-state index in [4.69, 9.17) is 4.42 Å². The molecule has 7 nitrogen and oxygen atoms in total. The van der Waals surface area contributed by atoms with E-state index in [1.807, 2.05) is 0 Å². The van der Waals surface area contributed by atoms with E-state index in [0.29, 0.717) is 5.92 Å². The Morgan fingerprint density at radius 3 is 2.65 bits per heavy atom. The van der Waals surface area contributed by atoms with Crippen molar-refractivity contribution in [2.24, 2.45) is 5.92 Å². The molecule has 2 rings (SSSR count). The molecule has 0 saturated carbocycles. The minimum Gasteiger partial charge on any atom is -0.459 e. The lowest BCUT2D eigenvalue weighted by molar-refractivity contribution is -0.119. The molecular weight excluding hydrogens is 356 g/mol. The van der Waals surface area contributed by atoms with Gasteiger partial charge in [-0.3, -0.25) is 20.4 Å². The average molecular weight is 372 g/mol. The van der Waals surface area contributed by atoms with Crippen LogP contribution in [0.5, 0.6) is 0 Å². The van der Waals surface area contributed by atoms with Crippen molar-refractivity contribution in [1.82, 2.24) is 21.0 Å². The molecule has 0 atom stereocenters. The molecule has 0 spiro atoms. The summed E-state index contributed by atoms with van der Waals surface area (Å²) in [6.07, 6.45) is 1.39. The molecule has 2 aromatic heterocycles. The fourth-order valence-electron chi connectivity index (χ4n) is 1.31. The maximum Gasteiger partial charge on any atom is 0.305 e. The molecule has 124 valence electrons. The van der Waals surface area contributed by atoms with Crippen LogP contribution in [-0.4, -0.2) is 33.5 Å². The number of aromatic nitrogens is 2. The summed E-state index contributed by atoms with van der Waals surface area (Å²) in [5.74, 6) is 1.01. The second-order valence-electron chi connectivity index (χ2n) is 4.81. The highest BCUT2D eigenvalue weighted by molar-refractivity contribution is 8.03. The first-order valence-corrected chi connectivity index (χ1v) is 9.55. The molecular formula is C13H16N4O3S3. The van der Waals surface area contributed by atoms with Gasteiger partial charge in [0.25, 0.3) is 0 Å². The molecule has 0 saturated heterocycles. The second kappa shape index (κ2) is 8.94. The molecule has 0 fully saturated rings. The minimum absolute atomic E-state index is 0.133. The largest absolute Gasteiger partial charge is 0.459 e. The van der Waals surface area contributed by atoms with Gasteiger partial charge in [-0.1, -0.05) is 48.7 Å². The van der Waals surface area contributed by atoms with E-state index >= 15 is 0 Å². The van der Waals surface area contributed by atoms with Crippen LogP contribution >= 0.6 is 34.9 Å². The van der Waals surface area contributed by atoms with Gasteiger partial charge in [0, 0.05) is 5.75 Å². The van der Waals surface area contributed by atoms with Gasteiger partial charge in [-0.25, -0.2) is 0 Å². The fraction of sp³-hybridized carbons (Fsp3) is 0.385. The van der Waals surface area contributed by atoms with Gasteiger partial charge < -0.3 is 4.42 Å². The third kappa shape index (κ3) is 6.24. The van der Waals surface area contributed by atoms with Crippen molar-refractivity contribution in [2.75, 3.05) is 11.5 Å². The van der Waals surface area contributed by atoms with E-state index in [1.165, 1.54) is 35.4 Å². The summed E-state index contributed by atoms with van der Waals surface area (Å²) in [4.78, 5) is 23.3. The molecule has 23 heavy (non-hydrogen) atoms. The highest BCUT2D eigenvalue weighted by atomic mass is 32.2. The van der Waals surface area contributed by atoms with Crippen LogP contribution in [-0.2, 0) is 4.79 Å². The van der Waals surface area contributed by atoms with E-state index in [0.717, 1.165) is 14.4 Å². The molecule has 0 aliphatic carbocycles. The van der Waals surface area contributed by atoms with Crippen LogP contribution in [0.2, 0.25) is 0 Å². The Morgan fingerprint density at radius 2 is 2.00 bits per heavy atom. The van der Waals surface area contributed by atoms with Crippen LogP contribution in [0.4, 0.5) is 0 Å². The summed E-state index contributed by atoms with van der Waals surface area (Å²) in [5, 5.41) is 8.10. The Labute approximate surface area is 146 Å². The number of nitrogens with one attached hydrogen (secondary N) is 2. The zero-order valence-electron chi connectivity index (χ0n) is 12.6. The summed E-state index contributed by atoms with van der Waals surface area (Å²) < 4.78 is 6.53. The molecule has 2 N–H and O–H groups in total. The smallest absolute Gasteiger partial charge is 0.305 e. The zero-order chi connectivity index (χ0) is 16.7. The van der Waals surface area contributed by atoms with Crippen molar-refractivity contribution < 1.29 is 14.0 Å². The number of carbonyl (C=O) groups is 2. The Balaban J connectivity index is 1.69. The number of carbonyl (C=O) groups excluding carboxylic acids is 2. The van der Waals surface area contributed by atoms with Gasteiger partial charge in [0.05, 0.1) is 12.0 Å². The number of thioether (sulfide) groups is 2. The van der Waals surface area contributed by atoms with E-state index in [9.17, 15) is 9.59 Å². The molecule has 0 radical (unpaired) electrons. The SMILES string of the molecule is CC(C)CSc1nnc(SCC(=O)NNC(=O)c2ccco2)s1. The second-order valence-corrected chi connectivity index (χ2v) is 8.27. The van der Waals surface area contributed by atoms with Crippen molar-refractivity contribution in [1.29, 1.82) is 0 Å². The van der Waals surface area contributed by atoms with Gasteiger partial charge in [-0.2, -0.15) is 0 Å². The lowest BCUT2D eigenvalue weighted by atomic mass is 10.3. The highest BCUT2D eigenvalue weighted by Gasteiger charge is 2.11. The quantitative estimate of drug-likeness (QED) is 0.569. The van der Waals surface area contributed by atoms with Crippen molar-refractivity contribution in [3.63, 3.8) is 0 Å². The first-order chi connectivity index (χ1) is 11.0. The molecule has 2 amide bonds. The van der Waals surface area contributed by atoms with Gasteiger partial charge in [0.2, 0.25) is 5.91 Å². The summed E-state index contributed by atoms with van der Waals surface area (Å²) in [5.41, 5.74) is 4.60. The van der Waals surface area contributed by atoms with Crippen LogP contribution in [0, 0.1) is 5.92 Å². The number of hydrogen-bond donors (Lipinski definition) is 2. The van der Waals surface area contributed by atoms with Crippen molar-refractivity contribution >= 4 is 46.7 Å². The first-order valence-electron chi connectivity index (χ1n) is 6.76. The summed E-state index contributed by atoms with van der Waals surface area (Å²) in [6, 6.07) is 3.10. The first kappa shape index (κ1) is 17.8. The third-order valence-corrected chi connectivity index (χ3v) is 5.93. The number of furan rings is 1. The Morgan fingerprint density at radius 1 is 1.26 bits per heavy atom. The summed E-state index contributed by atoms with van der Waals surface area (Å²) >= 11 is 4.40. The number of hydrogen-bond acceptors (Lipinski definition) is 8. The van der Waals surface area contributed by atoms with Crippen LogP contribution in [0.15, 0.2) is 31.5 Å². The lowest BCUT2D eigenvalue weighted by Crippen LogP contribution is -2.42. The predicted octanol–water partition coefficient (Wildman–Crippen LogP) is 2.43. The lowest BCUT2D eigenvalue weighted by Gasteiger charge is -2.04. The van der Waals surface area contributed by atoms with E-state index < -0.39 is 5.91 Å². The predicted molar refractivity (Wildman–Crippen MR) is 90.5 cm³/mol. The van der Waals surface area contributed by atoms with Gasteiger partial charge >= 0.3 is 5.91 Å². The van der Waals surface area contributed by atoms with E-state index in [-0.39, 0.29) is 17.4 Å². The Kier molecular flexibility index (Phi) is 6.93. The molecule has 10 heteroatoms. The maximum absolute atomic E-state index is 11.7. The summed E-state index contributed by atoms with van der Waals surface area (Å²) in [6.45, 7) is 4.29. The molecule has 0 aromatic carbocycles. The zero-order valence-corrected chi connectivity index (χ0v) is 15.0. The minimum atomic E-state index is -0.503. The van der Waals surface area contributed by atoms with Crippen LogP contribution in [0.25, 0.3) is 0 Å². The van der Waals surface area contributed by atoms with Crippen LogP contribution < -0.4 is 10.9 Å². The molecule has 0 unspecified atom stereocenters. The van der Waals surface area contributed by atoms with E-state index in [1.54, 1.807) is 17.8 Å². The number of rotatable bonds is 7. The van der Waals surface area contributed by atoms with Gasteiger partial charge in [0.1, 0.15) is 0 Å². The third-order valence-electron chi connectivity index (χ3n) is 2.32. The average Bonchev–Trinajstić information content (AvgIpc) is 3.19. The maximum atomic E-state index is 11.7. The van der Waals surface area contributed by atoms with Crippen LogP contribution in [0.1, 0.15) is 24.4 Å². The number of amides is 2. The Bertz CT molecular complexity index is 643. The normalized spacial score (nSPS) is 10.7. The number of hydrazine groups is 1. The highest BCUT2D eigenvalue weighted by Crippen LogP contribution is 2.29. The van der Waals surface area contributed by atoms with Gasteiger partial charge in [-0.15, -0.1) is 10.2 Å². The standard InChI is InChI=1S/C13H16N4O3S3/c1-8(2)6-21-12-16-17-13(23-12)22-7-10(18)14-15-11(19)9-4-3-5-20-9/h3-5,8H,6-7H2,1-2H3,(H,14,18)(H,15,19). The molecule has 2 heterocycles. The molecule has 0 aliphatic heterocycles. The van der Waals surface area contributed by atoms with Gasteiger partial charge in [0.15, 0.2) is 14.4 Å². The van der Waals surface area contributed by atoms with Crippen molar-refractivity contribution in [3.05, 3.63) is 24.2 Å². The van der Waals surface area contributed by atoms with Crippen LogP contribution in [0.3, 0.4) is 0 Å².